The minimum Gasteiger partial charge on any atom is -0.478 e. The molecule has 33 heavy (non-hydrogen) atoms. The third-order valence-corrected chi connectivity index (χ3v) is 7.11. The lowest BCUT2D eigenvalue weighted by Gasteiger charge is -2.27. The van der Waals surface area contributed by atoms with E-state index >= 15 is 0 Å². The number of rotatable bonds is 6. The van der Waals surface area contributed by atoms with Crippen LogP contribution in [0.5, 0.6) is 0 Å². The van der Waals surface area contributed by atoms with Gasteiger partial charge in [0.1, 0.15) is 5.00 Å². The Morgan fingerprint density at radius 2 is 1.85 bits per heavy atom. The van der Waals surface area contributed by atoms with Crippen LogP contribution in [0, 0.1) is 0 Å². The van der Waals surface area contributed by atoms with Crippen LogP contribution in [0.1, 0.15) is 60.4 Å². The van der Waals surface area contributed by atoms with E-state index in [2.05, 4.69) is 12.2 Å². The number of aromatic carboxylic acids is 1. The van der Waals surface area contributed by atoms with E-state index in [-0.39, 0.29) is 23.9 Å². The molecule has 0 spiro atoms. The minimum absolute atomic E-state index is 0.107. The summed E-state index contributed by atoms with van der Waals surface area (Å²) in [6.45, 7) is 2.74. The van der Waals surface area contributed by atoms with Crippen LogP contribution in [0.15, 0.2) is 48.5 Å². The molecule has 0 bridgehead atoms. The van der Waals surface area contributed by atoms with Gasteiger partial charge in [-0.2, -0.15) is 0 Å². The predicted octanol–water partition coefficient (Wildman–Crippen LogP) is 5.50. The van der Waals surface area contributed by atoms with Crippen LogP contribution in [-0.4, -0.2) is 34.3 Å². The molecular weight excluding hydrogens is 460 g/mol. The van der Waals surface area contributed by atoms with Gasteiger partial charge >= 0.3 is 5.97 Å². The topological polar surface area (TPSA) is 86.7 Å². The van der Waals surface area contributed by atoms with Crippen LogP contribution in [0.3, 0.4) is 0 Å². The number of aryl methyl sites for hydroxylation is 1. The third kappa shape index (κ3) is 4.79. The molecule has 0 atom stereocenters. The minimum atomic E-state index is -1.09. The number of anilines is 1. The molecule has 170 valence electrons. The monoisotopic (exact) mass is 482 g/mol. The molecule has 0 saturated carbocycles. The Balaban J connectivity index is 1.57. The van der Waals surface area contributed by atoms with E-state index in [1.54, 1.807) is 41.3 Å². The van der Waals surface area contributed by atoms with E-state index in [9.17, 15) is 19.5 Å². The number of fused-ring (bicyclic) bond motifs is 1. The number of halogens is 1. The zero-order valence-corrected chi connectivity index (χ0v) is 19.6. The van der Waals surface area contributed by atoms with E-state index in [4.69, 9.17) is 11.6 Å². The lowest BCUT2D eigenvalue weighted by Crippen LogP contribution is -2.35. The Labute approximate surface area is 200 Å². The highest BCUT2D eigenvalue weighted by Crippen LogP contribution is 2.38. The summed E-state index contributed by atoms with van der Waals surface area (Å²) < 4.78 is 0. The lowest BCUT2D eigenvalue weighted by atomic mass is 10.0. The molecule has 3 aromatic rings. The number of benzene rings is 2. The fourth-order valence-electron chi connectivity index (χ4n) is 3.98. The second-order valence-corrected chi connectivity index (χ2v) is 9.38. The molecule has 8 heteroatoms. The number of hydrogen-bond donors (Lipinski definition) is 2. The normalized spacial score (nSPS) is 12.8. The fourth-order valence-corrected chi connectivity index (χ4v) is 5.45. The van der Waals surface area contributed by atoms with Crippen molar-refractivity contribution >= 4 is 45.7 Å². The van der Waals surface area contributed by atoms with Gasteiger partial charge in [0, 0.05) is 17.0 Å². The van der Waals surface area contributed by atoms with Crippen molar-refractivity contribution in [3.8, 4) is 0 Å². The molecule has 2 aromatic carbocycles. The highest BCUT2D eigenvalue weighted by atomic mass is 35.5. The van der Waals surface area contributed by atoms with Crippen molar-refractivity contribution in [3.63, 3.8) is 0 Å². The fraction of sp³-hybridized carbons (Fsp3) is 0.240. The highest BCUT2D eigenvalue weighted by molar-refractivity contribution is 7.17. The van der Waals surface area contributed by atoms with Gasteiger partial charge in [0.05, 0.1) is 22.7 Å². The maximum Gasteiger partial charge on any atom is 0.339 e. The first kappa shape index (κ1) is 23.0. The number of amides is 2. The second-order valence-electron chi connectivity index (χ2n) is 7.87. The number of carbonyl (C=O) groups excluding carboxylic acids is 2. The molecule has 6 nitrogen and oxygen atoms in total. The molecule has 0 saturated heterocycles. The molecular formula is C25H23ClN2O4S. The molecule has 2 N–H and O–H groups in total. The Bertz CT molecular complexity index is 1220. The SMILES string of the molecule is CCCc1ccc(C(=O)Nc2sc3c(c2C(=O)O)CCN(C(=O)c2ccccc2Cl)C3)cc1. The quantitative estimate of drug-likeness (QED) is 0.485. The van der Waals surface area contributed by atoms with Crippen LogP contribution in [0.2, 0.25) is 5.02 Å². The summed E-state index contributed by atoms with van der Waals surface area (Å²) >= 11 is 7.39. The van der Waals surface area contributed by atoms with Crippen molar-refractivity contribution in [1.82, 2.24) is 4.90 Å². The summed E-state index contributed by atoms with van der Waals surface area (Å²) in [6.07, 6.45) is 2.35. The molecule has 0 fully saturated rings. The van der Waals surface area contributed by atoms with Crippen molar-refractivity contribution in [3.05, 3.63) is 86.2 Å². The zero-order valence-electron chi connectivity index (χ0n) is 18.1. The summed E-state index contributed by atoms with van der Waals surface area (Å²) in [7, 11) is 0. The Morgan fingerprint density at radius 1 is 1.12 bits per heavy atom. The Hall–Kier alpha value is -3.16. The summed E-state index contributed by atoms with van der Waals surface area (Å²) in [5, 5.41) is 13.3. The second kappa shape index (κ2) is 9.77. The number of nitrogens with zero attached hydrogens (tertiary/aromatic N) is 1. The molecule has 2 amide bonds. The smallest absolute Gasteiger partial charge is 0.339 e. The Kier molecular flexibility index (Phi) is 6.81. The average molecular weight is 483 g/mol. The van der Waals surface area contributed by atoms with Crippen LogP contribution >= 0.6 is 22.9 Å². The molecule has 0 unspecified atom stereocenters. The summed E-state index contributed by atoms with van der Waals surface area (Å²) in [4.78, 5) is 40.2. The summed E-state index contributed by atoms with van der Waals surface area (Å²) in [5.41, 5.74) is 2.81. The molecule has 4 rings (SSSR count). The van der Waals surface area contributed by atoms with Crippen LogP contribution in [0.4, 0.5) is 5.00 Å². The van der Waals surface area contributed by atoms with Gasteiger partial charge in [-0.25, -0.2) is 4.79 Å². The summed E-state index contributed by atoms with van der Waals surface area (Å²) in [6, 6.07) is 14.2. The van der Waals surface area contributed by atoms with Crippen LogP contribution in [0.25, 0.3) is 0 Å². The van der Waals surface area contributed by atoms with Gasteiger partial charge < -0.3 is 15.3 Å². The van der Waals surface area contributed by atoms with Crippen LogP contribution < -0.4 is 5.32 Å². The largest absolute Gasteiger partial charge is 0.478 e. The Morgan fingerprint density at radius 3 is 2.52 bits per heavy atom. The van der Waals surface area contributed by atoms with Gasteiger partial charge in [0.25, 0.3) is 11.8 Å². The number of hydrogen-bond acceptors (Lipinski definition) is 4. The lowest BCUT2D eigenvalue weighted by molar-refractivity contribution is 0.0696. The molecule has 2 heterocycles. The van der Waals surface area contributed by atoms with Gasteiger partial charge in [-0.3, -0.25) is 9.59 Å². The van der Waals surface area contributed by atoms with E-state index < -0.39 is 5.97 Å². The number of carboxylic acids is 1. The van der Waals surface area contributed by atoms with Crippen molar-refractivity contribution in [2.24, 2.45) is 0 Å². The van der Waals surface area contributed by atoms with Crippen molar-refractivity contribution in [2.45, 2.75) is 32.7 Å². The number of nitrogens with one attached hydrogen (secondary N) is 1. The first-order chi connectivity index (χ1) is 15.9. The number of carboxylic acid groups (broad SMARTS) is 1. The first-order valence-electron chi connectivity index (χ1n) is 10.7. The van der Waals surface area contributed by atoms with Gasteiger partial charge in [-0.05, 0) is 48.2 Å². The van der Waals surface area contributed by atoms with Gasteiger partial charge in [0.2, 0.25) is 0 Å². The van der Waals surface area contributed by atoms with E-state index in [0.29, 0.717) is 39.7 Å². The van der Waals surface area contributed by atoms with Crippen LogP contribution in [-0.2, 0) is 19.4 Å². The van der Waals surface area contributed by atoms with Crippen molar-refractivity contribution in [2.75, 3.05) is 11.9 Å². The number of thiophene rings is 1. The highest BCUT2D eigenvalue weighted by Gasteiger charge is 2.31. The molecule has 0 radical (unpaired) electrons. The van der Waals surface area contributed by atoms with Gasteiger partial charge in [-0.1, -0.05) is 49.2 Å². The average Bonchev–Trinajstić information content (AvgIpc) is 3.16. The third-order valence-electron chi connectivity index (χ3n) is 5.64. The van der Waals surface area contributed by atoms with E-state index in [0.717, 1.165) is 23.3 Å². The van der Waals surface area contributed by atoms with E-state index in [1.807, 2.05) is 12.1 Å². The predicted molar refractivity (Wildman–Crippen MR) is 130 cm³/mol. The first-order valence-corrected chi connectivity index (χ1v) is 11.9. The maximum absolute atomic E-state index is 13.0. The standard InChI is InChI=1S/C25H23ClN2O4S/c1-2-5-15-8-10-16(11-9-15)22(29)27-23-21(25(31)32)18-12-13-28(14-20(18)33-23)24(30)17-6-3-4-7-19(17)26/h3-4,6-11H,2,5,12-14H2,1H3,(H,27,29)(H,31,32). The zero-order chi connectivity index (χ0) is 23.5. The van der Waals surface area contributed by atoms with Gasteiger partial charge in [-0.15, -0.1) is 11.3 Å². The maximum atomic E-state index is 13.0. The van der Waals surface area contributed by atoms with Crippen molar-refractivity contribution < 1.29 is 19.5 Å². The van der Waals surface area contributed by atoms with Crippen molar-refractivity contribution in [1.29, 1.82) is 0 Å². The molecule has 1 aliphatic rings. The molecule has 1 aliphatic heterocycles. The molecule has 1 aromatic heterocycles. The van der Waals surface area contributed by atoms with E-state index in [1.165, 1.54) is 11.3 Å². The number of carbonyl (C=O) groups is 3. The summed E-state index contributed by atoms with van der Waals surface area (Å²) in [5.74, 6) is -1.65. The molecule has 0 aliphatic carbocycles. The van der Waals surface area contributed by atoms with Gasteiger partial charge in [0.15, 0.2) is 0 Å².